The Hall–Kier alpha value is -1.07. The molecule has 8 heteroatoms. The molecule has 1 heterocycles. The predicted molar refractivity (Wildman–Crippen MR) is 64.4 cm³/mol. The van der Waals surface area contributed by atoms with E-state index in [4.69, 9.17) is 11.0 Å². The zero-order valence-electron chi connectivity index (χ0n) is 8.89. The van der Waals surface area contributed by atoms with Crippen LogP contribution in [0.5, 0.6) is 0 Å². The van der Waals surface area contributed by atoms with Crippen molar-refractivity contribution in [1.82, 2.24) is 0 Å². The van der Waals surface area contributed by atoms with Gasteiger partial charge in [-0.05, 0) is 6.26 Å². The standard InChI is InChI=1S/C9H10F3N3S2/c1-16-7-6(14)5(4-13)17-8(7)15-3-2-9(10,11)12/h15H,2-3,14H2,1H3. The summed E-state index contributed by atoms with van der Waals surface area (Å²) in [5.41, 5.74) is 6.02. The molecule has 0 aliphatic heterocycles. The Labute approximate surface area is 105 Å². The lowest BCUT2D eigenvalue weighted by Gasteiger charge is -2.08. The molecule has 0 saturated carbocycles. The van der Waals surface area contributed by atoms with Crippen LogP contribution >= 0.6 is 23.1 Å². The van der Waals surface area contributed by atoms with Crippen molar-refractivity contribution in [3.05, 3.63) is 4.88 Å². The lowest BCUT2D eigenvalue weighted by molar-refractivity contribution is -0.131. The Bertz CT molecular complexity index is 434. The molecule has 3 nitrogen and oxygen atoms in total. The second kappa shape index (κ2) is 5.51. The summed E-state index contributed by atoms with van der Waals surface area (Å²) in [5.74, 6) is 0. The Morgan fingerprint density at radius 2 is 2.18 bits per heavy atom. The van der Waals surface area contributed by atoms with Gasteiger partial charge in [-0.2, -0.15) is 18.4 Å². The van der Waals surface area contributed by atoms with Crippen LogP contribution in [0.1, 0.15) is 11.3 Å². The molecular weight excluding hydrogens is 271 g/mol. The Morgan fingerprint density at radius 3 is 2.65 bits per heavy atom. The zero-order valence-corrected chi connectivity index (χ0v) is 10.5. The number of nitrogens with zero attached hydrogens (tertiary/aromatic N) is 1. The van der Waals surface area contributed by atoms with Crippen LogP contribution in [0.15, 0.2) is 4.90 Å². The first kappa shape index (κ1) is 14.0. The molecule has 0 unspecified atom stereocenters. The second-order valence-electron chi connectivity index (χ2n) is 3.11. The van der Waals surface area contributed by atoms with Gasteiger partial charge < -0.3 is 11.1 Å². The number of anilines is 2. The Balaban J connectivity index is 2.75. The van der Waals surface area contributed by atoms with Gasteiger partial charge in [0.1, 0.15) is 15.9 Å². The van der Waals surface area contributed by atoms with Gasteiger partial charge in [0.05, 0.1) is 17.0 Å². The van der Waals surface area contributed by atoms with Gasteiger partial charge in [0.15, 0.2) is 0 Å². The van der Waals surface area contributed by atoms with Crippen molar-refractivity contribution in [2.45, 2.75) is 17.5 Å². The quantitative estimate of drug-likeness (QED) is 0.831. The van der Waals surface area contributed by atoms with Crippen LogP contribution in [0.3, 0.4) is 0 Å². The molecular formula is C9H10F3N3S2. The molecule has 0 atom stereocenters. The maximum absolute atomic E-state index is 12.0. The first-order valence-electron chi connectivity index (χ1n) is 4.56. The van der Waals surface area contributed by atoms with Gasteiger partial charge in [-0.3, -0.25) is 0 Å². The minimum absolute atomic E-state index is 0.220. The number of hydrogen-bond acceptors (Lipinski definition) is 5. The molecule has 94 valence electrons. The minimum Gasteiger partial charge on any atom is -0.396 e. The van der Waals surface area contributed by atoms with Crippen molar-refractivity contribution in [3.8, 4) is 6.07 Å². The fourth-order valence-electron chi connectivity index (χ4n) is 1.15. The molecule has 0 spiro atoms. The van der Waals surface area contributed by atoms with E-state index in [-0.39, 0.29) is 6.54 Å². The molecule has 1 aromatic heterocycles. The van der Waals surface area contributed by atoms with Crippen LogP contribution in [0.25, 0.3) is 0 Å². The first-order valence-corrected chi connectivity index (χ1v) is 6.60. The first-order chi connectivity index (χ1) is 7.89. The van der Waals surface area contributed by atoms with Gasteiger partial charge in [0, 0.05) is 6.54 Å². The molecule has 0 bridgehead atoms. The molecule has 0 aliphatic carbocycles. The van der Waals surface area contributed by atoms with Crippen LogP contribution in [-0.2, 0) is 0 Å². The maximum Gasteiger partial charge on any atom is 0.390 e. The third-order valence-electron chi connectivity index (χ3n) is 1.90. The molecule has 0 saturated heterocycles. The number of halogens is 3. The van der Waals surface area contributed by atoms with E-state index in [2.05, 4.69) is 5.32 Å². The smallest absolute Gasteiger partial charge is 0.390 e. The largest absolute Gasteiger partial charge is 0.396 e. The number of thioether (sulfide) groups is 1. The Morgan fingerprint density at radius 1 is 1.53 bits per heavy atom. The summed E-state index contributed by atoms with van der Waals surface area (Å²) in [6.07, 6.45) is -3.34. The van der Waals surface area contributed by atoms with Gasteiger partial charge in [0.25, 0.3) is 0 Å². The van der Waals surface area contributed by atoms with E-state index >= 15 is 0 Å². The lowest BCUT2D eigenvalue weighted by Crippen LogP contribution is -2.14. The number of nitrogens with two attached hydrogens (primary N) is 1. The van der Waals surface area contributed by atoms with Gasteiger partial charge in [0.2, 0.25) is 0 Å². The molecule has 0 aliphatic rings. The van der Waals surface area contributed by atoms with Gasteiger partial charge >= 0.3 is 6.18 Å². The van der Waals surface area contributed by atoms with E-state index in [0.717, 1.165) is 11.3 Å². The summed E-state index contributed by atoms with van der Waals surface area (Å²) in [5, 5.41) is 12.0. The van der Waals surface area contributed by atoms with Crippen LogP contribution in [-0.4, -0.2) is 19.0 Å². The zero-order chi connectivity index (χ0) is 13.1. The number of nitriles is 1. The fraction of sp³-hybridized carbons (Fsp3) is 0.444. The molecule has 0 radical (unpaired) electrons. The monoisotopic (exact) mass is 281 g/mol. The number of rotatable bonds is 4. The van der Waals surface area contributed by atoms with E-state index in [1.54, 1.807) is 6.26 Å². The van der Waals surface area contributed by atoms with E-state index in [1.165, 1.54) is 11.8 Å². The van der Waals surface area contributed by atoms with Gasteiger partial charge in [-0.1, -0.05) is 0 Å². The van der Waals surface area contributed by atoms with E-state index in [9.17, 15) is 13.2 Å². The van der Waals surface area contributed by atoms with Gasteiger partial charge in [-0.25, -0.2) is 0 Å². The summed E-state index contributed by atoms with van der Waals surface area (Å²) < 4.78 is 35.9. The number of alkyl halides is 3. The number of nitrogen functional groups attached to an aromatic ring is 1. The van der Waals surface area contributed by atoms with Crippen LogP contribution in [0.2, 0.25) is 0 Å². The molecule has 0 amide bonds. The molecule has 3 N–H and O–H groups in total. The van der Waals surface area contributed by atoms with E-state index in [0.29, 0.717) is 20.5 Å². The van der Waals surface area contributed by atoms with E-state index in [1.807, 2.05) is 6.07 Å². The van der Waals surface area contributed by atoms with Crippen molar-refractivity contribution in [1.29, 1.82) is 5.26 Å². The highest BCUT2D eigenvalue weighted by Gasteiger charge is 2.26. The second-order valence-corrected chi connectivity index (χ2v) is 4.95. The molecule has 0 aromatic carbocycles. The average molecular weight is 281 g/mol. The van der Waals surface area contributed by atoms with Crippen molar-refractivity contribution in [2.75, 3.05) is 23.9 Å². The van der Waals surface area contributed by atoms with E-state index < -0.39 is 12.6 Å². The summed E-state index contributed by atoms with van der Waals surface area (Å²) in [6.45, 7) is -0.220. The highest BCUT2D eigenvalue weighted by atomic mass is 32.2. The summed E-state index contributed by atoms with van der Waals surface area (Å²) in [4.78, 5) is 0.956. The summed E-state index contributed by atoms with van der Waals surface area (Å²) in [6, 6.07) is 1.91. The third-order valence-corrected chi connectivity index (χ3v) is 3.93. The number of nitrogens with one attached hydrogen (secondary N) is 1. The predicted octanol–water partition coefficient (Wildman–Crippen LogP) is 3.29. The average Bonchev–Trinajstić information content (AvgIpc) is 2.53. The molecule has 17 heavy (non-hydrogen) atoms. The highest BCUT2D eigenvalue weighted by molar-refractivity contribution is 7.99. The lowest BCUT2D eigenvalue weighted by atomic mass is 10.4. The van der Waals surface area contributed by atoms with Crippen LogP contribution < -0.4 is 11.1 Å². The Kier molecular flexibility index (Phi) is 4.54. The van der Waals surface area contributed by atoms with Crippen molar-refractivity contribution in [3.63, 3.8) is 0 Å². The summed E-state index contributed by atoms with van der Waals surface area (Å²) in [7, 11) is 0. The number of thiophene rings is 1. The van der Waals surface area contributed by atoms with Crippen LogP contribution in [0, 0.1) is 11.3 Å². The topological polar surface area (TPSA) is 61.8 Å². The summed E-state index contributed by atoms with van der Waals surface area (Å²) >= 11 is 2.38. The van der Waals surface area contributed by atoms with Crippen LogP contribution in [0.4, 0.5) is 23.9 Å². The normalized spacial score (nSPS) is 11.2. The number of hydrogen-bond donors (Lipinski definition) is 2. The van der Waals surface area contributed by atoms with Crippen molar-refractivity contribution < 1.29 is 13.2 Å². The minimum atomic E-state index is -4.19. The maximum atomic E-state index is 12.0. The van der Waals surface area contributed by atoms with Crippen molar-refractivity contribution in [2.24, 2.45) is 0 Å². The van der Waals surface area contributed by atoms with Crippen molar-refractivity contribution >= 4 is 33.8 Å². The molecule has 0 fully saturated rings. The fourth-order valence-corrected chi connectivity index (χ4v) is 3.01. The molecule has 1 rings (SSSR count). The molecule has 1 aromatic rings. The third kappa shape index (κ3) is 3.71. The highest BCUT2D eigenvalue weighted by Crippen LogP contribution is 2.41. The van der Waals surface area contributed by atoms with Gasteiger partial charge in [-0.15, -0.1) is 23.1 Å². The SMILES string of the molecule is CSc1c(NCCC(F)(F)F)sc(C#N)c1N.